The van der Waals surface area contributed by atoms with Crippen molar-refractivity contribution in [2.75, 3.05) is 26.4 Å². The Morgan fingerprint density at radius 1 is 0.247 bits per heavy atom. The van der Waals surface area contributed by atoms with Gasteiger partial charge in [0.15, 0.2) is 0 Å². The largest absolute Gasteiger partial charge is 0.508 e. The zero-order valence-electron chi connectivity index (χ0n) is 50.3. The summed E-state index contributed by atoms with van der Waals surface area (Å²) in [5, 5.41) is 81.7. The minimum absolute atomic E-state index is 0.0377. The molecule has 0 saturated heterocycles. The molecule has 16 heteroatoms. The molecule has 464 valence electrons. The highest BCUT2D eigenvalue weighted by Crippen LogP contribution is 2.43. The standard InChI is InChI=1S/C73H76O16/c1-69(49-5-21-57(74)22-6-49,50-7-23-58(75)24-8-50)41-37-65(82)86-45-73(46-87-66(83)38-42-70(2,51-9-25-59(76)26-10-51)52-11-27-60(77)28-12-52,47-88-67(84)39-43-71(3,53-13-29-61(78)30-14-53)54-15-31-62(79)32-16-54)48-89-68(85)40-44-72(4,55-17-33-63(80)34-18-55)56-19-35-64(81)36-20-56/h5-36,74-81H,37-48H2,1-4H3. The number of hydrogen-bond acceptors (Lipinski definition) is 16. The van der Waals surface area contributed by atoms with Crippen molar-refractivity contribution in [1.29, 1.82) is 0 Å². The third-order valence-electron chi connectivity index (χ3n) is 17.5. The summed E-state index contributed by atoms with van der Waals surface area (Å²) >= 11 is 0. The van der Waals surface area contributed by atoms with Crippen molar-refractivity contribution in [3.8, 4) is 46.0 Å². The van der Waals surface area contributed by atoms with E-state index >= 15 is 0 Å². The lowest BCUT2D eigenvalue weighted by molar-refractivity contribution is -0.171. The van der Waals surface area contributed by atoms with Crippen LogP contribution in [0.2, 0.25) is 0 Å². The van der Waals surface area contributed by atoms with E-state index in [1.807, 2.05) is 27.7 Å². The second kappa shape index (κ2) is 28.3. The zero-order chi connectivity index (χ0) is 64.0. The molecular formula is C73H76O16. The van der Waals surface area contributed by atoms with Crippen LogP contribution in [0.3, 0.4) is 0 Å². The van der Waals surface area contributed by atoms with E-state index in [-0.39, 0.29) is 97.4 Å². The average Bonchev–Trinajstić information content (AvgIpc) is 2.67. The van der Waals surface area contributed by atoms with Crippen molar-refractivity contribution < 1.29 is 79.0 Å². The number of rotatable bonds is 28. The van der Waals surface area contributed by atoms with Gasteiger partial charge >= 0.3 is 23.9 Å². The van der Waals surface area contributed by atoms with Gasteiger partial charge in [0.05, 0.1) is 0 Å². The summed E-state index contributed by atoms with van der Waals surface area (Å²) < 4.78 is 24.6. The Morgan fingerprint density at radius 2 is 0.371 bits per heavy atom. The van der Waals surface area contributed by atoms with Crippen molar-refractivity contribution in [2.45, 2.75) is 101 Å². The maximum absolute atomic E-state index is 14.4. The topological polar surface area (TPSA) is 267 Å². The van der Waals surface area contributed by atoms with Gasteiger partial charge in [0.1, 0.15) is 77.8 Å². The lowest BCUT2D eigenvalue weighted by Crippen LogP contribution is -2.44. The lowest BCUT2D eigenvalue weighted by Gasteiger charge is -2.34. The summed E-state index contributed by atoms with van der Waals surface area (Å²) in [6, 6.07) is 52.4. The molecule has 16 nitrogen and oxygen atoms in total. The Kier molecular flexibility index (Phi) is 20.6. The van der Waals surface area contributed by atoms with Gasteiger partial charge in [-0.2, -0.15) is 0 Å². The molecule has 0 atom stereocenters. The van der Waals surface area contributed by atoms with Gasteiger partial charge in [-0.3, -0.25) is 19.2 Å². The van der Waals surface area contributed by atoms with Gasteiger partial charge in [0, 0.05) is 47.3 Å². The Morgan fingerprint density at radius 3 is 0.494 bits per heavy atom. The van der Waals surface area contributed by atoms with Crippen LogP contribution >= 0.6 is 0 Å². The fraction of sp³-hybridized carbons (Fsp3) is 0.288. The van der Waals surface area contributed by atoms with Crippen LogP contribution < -0.4 is 0 Å². The Hall–Kier alpha value is -9.96. The molecule has 0 fully saturated rings. The molecule has 0 spiro atoms. The first-order chi connectivity index (χ1) is 42.4. The van der Waals surface area contributed by atoms with E-state index in [0.29, 0.717) is 0 Å². The maximum atomic E-state index is 14.4. The molecule has 0 unspecified atom stereocenters. The van der Waals surface area contributed by atoms with Gasteiger partial charge < -0.3 is 59.8 Å². The Bertz CT molecular complexity index is 2970. The van der Waals surface area contributed by atoms with Crippen LogP contribution in [0.25, 0.3) is 0 Å². The van der Waals surface area contributed by atoms with Crippen LogP contribution in [0.5, 0.6) is 46.0 Å². The Labute approximate surface area is 517 Å². The first kappa shape index (κ1) is 65.0. The number of phenolic OH excluding ortho intramolecular Hbond substituents is 8. The predicted molar refractivity (Wildman–Crippen MR) is 334 cm³/mol. The number of carbonyl (C=O) groups excluding carboxylic acids is 4. The molecule has 8 aromatic carbocycles. The summed E-state index contributed by atoms with van der Waals surface area (Å²) in [4.78, 5) is 57.5. The molecule has 0 saturated carbocycles. The van der Waals surface area contributed by atoms with Crippen LogP contribution in [0.4, 0.5) is 0 Å². The van der Waals surface area contributed by atoms with E-state index in [2.05, 4.69) is 0 Å². The van der Waals surface area contributed by atoms with Crippen LogP contribution in [0, 0.1) is 5.41 Å². The van der Waals surface area contributed by atoms with Gasteiger partial charge in [0.2, 0.25) is 0 Å². The highest BCUT2D eigenvalue weighted by molar-refractivity contribution is 5.72. The molecule has 0 aliphatic heterocycles. The molecule has 0 aliphatic carbocycles. The SMILES string of the molecule is CC(CCC(=O)OCC(COC(=O)CCC(C)(c1ccc(O)cc1)c1ccc(O)cc1)(COC(=O)CCC(C)(c1ccc(O)cc1)c1ccc(O)cc1)COC(=O)CCC(C)(c1ccc(O)cc1)c1ccc(O)cc1)(c1ccc(O)cc1)c1ccc(O)cc1. The molecule has 89 heavy (non-hydrogen) atoms. The molecular weight excluding hydrogens is 1130 g/mol. The van der Waals surface area contributed by atoms with E-state index in [1.165, 1.54) is 97.1 Å². The minimum Gasteiger partial charge on any atom is -0.508 e. The van der Waals surface area contributed by atoms with Crippen molar-refractivity contribution in [3.63, 3.8) is 0 Å². The second-order valence-electron chi connectivity index (χ2n) is 23.8. The maximum Gasteiger partial charge on any atom is 0.305 e. The highest BCUT2D eigenvalue weighted by Gasteiger charge is 2.41. The van der Waals surface area contributed by atoms with Crippen molar-refractivity contribution in [2.24, 2.45) is 5.41 Å². The molecule has 0 amide bonds. The van der Waals surface area contributed by atoms with E-state index in [4.69, 9.17) is 18.9 Å². The lowest BCUT2D eigenvalue weighted by atomic mass is 9.73. The summed E-state index contributed by atoms with van der Waals surface area (Å²) in [7, 11) is 0. The van der Waals surface area contributed by atoms with Gasteiger partial charge in [0.25, 0.3) is 0 Å². The summed E-state index contributed by atoms with van der Waals surface area (Å²) in [6.45, 7) is 5.29. The van der Waals surface area contributed by atoms with Gasteiger partial charge in [-0.25, -0.2) is 0 Å². The first-order valence-corrected chi connectivity index (χ1v) is 29.4. The number of ether oxygens (including phenoxy) is 4. The van der Waals surface area contributed by atoms with Gasteiger partial charge in [-0.1, -0.05) is 125 Å². The van der Waals surface area contributed by atoms with Crippen molar-refractivity contribution in [1.82, 2.24) is 0 Å². The quantitative estimate of drug-likeness (QED) is 0.0167. The number of aromatic hydroxyl groups is 8. The van der Waals surface area contributed by atoms with Crippen LogP contribution in [0.15, 0.2) is 194 Å². The van der Waals surface area contributed by atoms with E-state index in [0.717, 1.165) is 44.5 Å². The fourth-order valence-electron chi connectivity index (χ4n) is 11.3. The average molecular weight is 1210 g/mol. The summed E-state index contributed by atoms with van der Waals surface area (Å²) in [5.41, 5.74) is 0.788. The van der Waals surface area contributed by atoms with Gasteiger partial charge in [-0.15, -0.1) is 0 Å². The molecule has 8 N–H and O–H groups in total. The van der Waals surface area contributed by atoms with Crippen LogP contribution in [-0.4, -0.2) is 91.2 Å². The Balaban J connectivity index is 1.11. The second-order valence-corrected chi connectivity index (χ2v) is 23.8. The molecule has 8 rings (SSSR count). The highest BCUT2D eigenvalue weighted by atomic mass is 16.6. The number of hydrogen-bond donors (Lipinski definition) is 8. The molecule has 0 heterocycles. The zero-order valence-corrected chi connectivity index (χ0v) is 50.3. The number of carbonyl (C=O) groups is 4. The van der Waals surface area contributed by atoms with E-state index < -0.39 is 77.4 Å². The molecule has 8 aromatic rings. The van der Waals surface area contributed by atoms with Crippen LogP contribution in [0.1, 0.15) is 124 Å². The third kappa shape index (κ3) is 16.4. The molecule has 0 aromatic heterocycles. The third-order valence-corrected chi connectivity index (χ3v) is 17.5. The number of phenols is 8. The molecule has 0 aliphatic rings. The minimum atomic E-state index is -1.75. The van der Waals surface area contributed by atoms with E-state index in [1.54, 1.807) is 97.1 Å². The number of esters is 4. The predicted octanol–water partition coefficient (Wildman–Crippen LogP) is 12.9. The first-order valence-electron chi connectivity index (χ1n) is 29.4. The summed E-state index contributed by atoms with van der Waals surface area (Å²) in [5.74, 6) is -2.54. The van der Waals surface area contributed by atoms with Crippen molar-refractivity contribution >= 4 is 23.9 Å². The normalized spacial score (nSPS) is 12.0. The molecule has 0 bridgehead atoms. The monoisotopic (exact) mass is 1210 g/mol. The van der Waals surface area contributed by atoms with Crippen LogP contribution in [-0.2, 0) is 59.8 Å². The van der Waals surface area contributed by atoms with E-state index in [9.17, 15) is 60.0 Å². The van der Waals surface area contributed by atoms with Gasteiger partial charge in [-0.05, 0) is 167 Å². The fourth-order valence-corrected chi connectivity index (χ4v) is 11.3. The van der Waals surface area contributed by atoms with Crippen molar-refractivity contribution in [3.05, 3.63) is 239 Å². The number of benzene rings is 8. The smallest absolute Gasteiger partial charge is 0.305 e. The summed E-state index contributed by atoms with van der Waals surface area (Å²) in [6.07, 6.45) is -0.124. The molecule has 0 radical (unpaired) electrons.